The molecule has 0 saturated carbocycles. The monoisotopic (exact) mass is 432 g/mol. The maximum Gasteiger partial charge on any atom is 0.245 e. The van der Waals surface area contributed by atoms with Gasteiger partial charge in [-0.2, -0.15) is 5.10 Å². The smallest absolute Gasteiger partial charge is 0.245 e. The van der Waals surface area contributed by atoms with Crippen molar-refractivity contribution in [3.05, 3.63) is 41.1 Å². The third-order valence-electron chi connectivity index (χ3n) is 5.03. The van der Waals surface area contributed by atoms with E-state index >= 15 is 0 Å². The van der Waals surface area contributed by atoms with Gasteiger partial charge in [0.05, 0.1) is 17.9 Å². The Morgan fingerprint density at radius 2 is 1.93 bits per heavy atom. The lowest BCUT2D eigenvalue weighted by Crippen LogP contribution is -2.41. The average Bonchev–Trinajstić information content (AvgIpc) is 3.06. The molecule has 0 saturated heterocycles. The van der Waals surface area contributed by atoms with Gasteiger partial charge in [0.2, 0.25) is 11.8 Å². The lowest BCUT2D eigenvalue weighted by atomic mass is 9.92. The molecule has 1 aromatic carbocycles. The van der Waals surface area contributed by atoms with Crippen molar-refractivity contribution in [1.29, 1.82) is 0 Å². The van der Waals surface area contributed by atoms with Crippen molar-refractivity contribution in [2.75, 3.05) is 18.4 Å². The first kappa shape index (κ1) is 23.9. The van der Waals surface area contributed by atoms with Gasteiger partial charge < -0.3 is 10.2 Å². The molecule has 0 aliphatic rings. The van der Waals surface area contributed by atoms with Gasteiger partial charge in [0.15, 0.2) is 0 Å². The van der Waals surface area contributed by atoms with Crippen LogP contribution in [0.2, 0.25) is 0 Å². The molecule has 0 radical (unpaired) electrons. The van der Waals surface area contributed by atoms with Crippen LogP contribution in [-0.2, 0) is 15.0 Å². The van der Waals surface area contributed by atoms with Crippen LogP contribution in [0.3, 0.4) is 0 Å². The molecule has 0 unspecified atom stereocenters. The number of hydrogen-bond donors (Lipinski definition) is 1. The minimum atomic E-state index is -0.669. The van der Waals surface area contributed by atoms with Crippen molar-refractivity contribution in [3.8, 4) is 5.69 Å². The second-order valence-electron chi connectivity index (χ2n) is 8.72. The van der Waals surface area contributed by atoms with Crippen LogP contribution < -0.4 is 5.32 Å². The first-order chi connectivity index (χ1) is 14.0. The molecule has 1 aromatic heterocycles. The average molecular weight is 433 g/mol. The van der Waals surface area contributed by atoms with E-state index in [1.54, 1.807) is 11.6 Å². The molecular weight excluding hydrogens is 400 g/mol. The summed E-state index contributed by atoms with van der Waals surface area (Å²) in [5, 5.41) is 7.07. The van der Waals surface area contributed by atoms with Crippen molar-refractivity contribution in [2.24, 2.45) is 0 Å². The van der Waals surface area contributed by atoms with Crippen LogP contribution >= 0.6 is 11.6 Å². The number of aryl methyl sites for hydroxylation is 1. The SMILES string of the molecule is CCCN(CC(=O)Nc1cc(C(C)(C)C)nn1-c1cccc(C)c1C)C(=O)[C@@H](C)Cl. The number of hydrogen-bond acceptors (Lipinski definition) is 3. The first-order valence-corrected chi connectivity index (χ1v) is 10.8. The predicted molar refractivity (Wildman–Crippen MR) is 123 cm³/mol. The van der Waals surface area contributed by atoms with E-state index in [9.17, 15) is 9.59 Å². The molecule has 164 valence electrons. The minimum Gasteiger partial charge on any atom is -0.332 e. The highest BCUT2D eigenvalue weighted by Crippen LogP contribution is 2.28. The molecular formula is C23H33ClN4O2. The van der Waals surface area contributed by atoms with Crippen LogP contribution in [0.15, 0.2) is 24.3 Å². The predicted octanol–water partition coefficient (Wildman–Crippen LogP) is 4.59. The normalized spacial score (nSPS) is 12.5. The summed E-state index contributed by atoms with van der Waals surface area (Å²) < 4.78 is 1.77. The van der Waals surface area contributed by atoms with E-state index in [0.29, 0.717) is 12.4 Å². The Morgan fingerprint density at radius 1 is 1.27 bits per heavy atom. The molecule has 1 N–H and O–H groups in total. The molecule has 0 fully saturated rings. The number of benzene rings is 1. The maximum absolute atomic E-state index is 12.8. The summed E-state index contributed by atoms with van der Waals surface area (Å²) in [6, 6.07) is 7.91. The highest BCUT2D eigenvalue weighted by atomic mass is 35.5. The number of aromatic nitrogens is 2. The zero-order valence-electron chi connectivity index (χ0n) is 19.0. The fourth-order valence-electron chi connectivity index (χ4n) is 3.13. The van der Waals surface area contributed by atoms with Gasteiger partial charge in [0.25, 0.3) is 0 Å². The summed E-state index contributed by atoms with van der Waals surface area (Å²) in [4.78, 5) is 26.6. The van der Waals surface area contributed by atoms with Gasteiger partial charge in [-0.05, 0) is 44.4 Å². The van der Waals surface area contributed by atoms with Gasteiger partial charge >= 0.3 is 0 Å². The Labute approximate surface area is 184 Å². The molecule has 7 heteroatoms. The highest BCUT2D eigenvalue weighted by molar-refractivity contribution is 6.30. The highest BCUT2D eigenvalue weighted by Gasteiger charge is 2.24. The Hall–Kier alpha value is -2.34. The standard InChI is InChI=1S/C23H33ClN4O2/c1-8-12-27(22(30)17(4)24)14-21(29)25-20-13-19(23(5,6)7)26-28(20)18-11-9-10-15(2)16(18)3/h9-11,13,17H,8,12,14H2,1-7H3,(H,25,29)/t17-/m1/s1. The lowest BCUT2D eigenvalue weighted by Gasteiger charge is -2.22. The minimum absolute atomic E-state index is 0.0490. The van der Waals surface area contributed by atoms with E-state index in [1.807, 2.05) is 45.0 Å². The molecule has 30 heavy (non-hydrogen) atoms. The van der Waals surface area contributed by atoms with Crippen LogP contribution in [0.4, 0.5) is 5.82 Å². The molecule has 6 nitrogen and oxygen atoms in total. The molecule has 1 atom stereocenters. The Kier molecular flexibility index (Phi) is 7.70. The molecule has 0 bridgehead atoms. The van der Waals surface area contributed by atoms with E-state index in [1.165, 1.54) is 4.90 Å². The lowest BCUT2D eigenvalue weighted by molar-refractivity contribution is -0.134. The Balaban J connectivity index is 2.38. The van der Waals surface area contributed by atoms with Crippen LogP contribution in [0, 0.1) is 13.8 Å². The van der Waals surface area contributed by atoms with Crippen molar-refractivity contribution < 1.29 is 9.59 Å². The van der Waals surface area contributed by atoms with Gasteiger partial charge in [-0.3, -0.25) is 9.59 Å². The van der Waals surface area contributed by atoms with E-state index in [-0.39, 0.29) is 23.8 Å². The summed E-state index contributed by atoms with van der Waals surface area (Å²) >= 11 is 5.96. The van der Waals surface area contributed by atoms with Crippen LogP contribution in [0.25, 0.3) is 5.69 Å². The van der Waals surface area contributed by atoms with Crippen molar-refractivity contribution >= 4 is 29.2 Å². The molecule has 1 heterocycles. The van der Waals surface area contributed by atoms with E-state index in [0.717, 1.165) is 28.9 Å². The van der Waals surface area contributed by atoms with Crippen LogP contribution in [-0.4, -0.2) is 45.0 Å². The zero-order valence-corrected chi connectivity index (χ0v) is 19.8. The fourth-order valence-corrected chi connectivity index (χ4v) is 3.27. The van der Waals surface area contributed by atoms with E-state index < -0.39 is 5.38 Å². The molecule has 0 spiro atoms. The topological polar surface area (TPSA) is 67.2 Å². The second-order valence-corrected chi connectivity index (χ2v) is 9.37. The zero-order chi connectivity index (χ0) is 22.6. The molecule has 0 aliphatic heterocycles. The summed E-state index contributed by atoms with van der Waals surface area (Å²) in [7, 11) is 0. The van der Waals surface area contributed by atoms with Gasteiger partial charge in [-0.25, -0.2) is 4.68 Å². The number of carbonyl (C=O) groups excluding carboxylic acids is 2. The summed E-state index contributed by atoms with van der Waals surface area (Å²) in [5.41, 5.74) is 3.84. The second kappa shape index (κ2) is 9.65. The summed E-state index contributed by atoms with van der Waals surface area (Å²) in [5.74, 6) is 0.0644. The van der Waals surface area contributed by atoms with Gasteiger partial charge in [0.1, 0.15) is 11.2 Å². The van der Waals surface area contributed by atoms with Crippen LogP contribution in [0.1, 0.15) is 57.9 Å². The maximum atomic E-state index is 12.8. The van der Waals surface area contributed by atoms with Crippen molar-refractivity contribution in [2.45, 2.75) is 65.7 Å². The van der Waals surface area contributed by atoms with Gasteiger partial charge in [0, 0.05) is 18.0 Å². The largest absolute Gasteiger partial charge is 0.332 e. The van der Waals surface area contributed by atoms with E-state index in [4.69, 9.17) is 16.7 Å². The third-order valence-corrected chi connectivity index (χ3v) is 5.22. The first-order valence-electron chi connectivity index (χ1n) is 10.4. The number of halogens is 1. The Bertz CT molecular complexity index is 912. The summed E-state index contributed by atoms with van der Waals surface area (Å²) in [6.45, 7) is 14.3. The number of rotatable bonds is 7. The Morgan fingerprint density at radius 3 is 2.50 bits per heavy atom. The number of nitrogens with zero attached hydrogens (tertiary/aromatic N) is 3. The number of carbonyl (C=O) groups is 2. The summed E-state index contributed by atoms with van der Waals surface area (Å²) in [6.07, 6.45) is 0.747. The molecule has 2 rings (SSSR count). The third kappa shape index (κ3) is 5.63. The number of alkyl halides is 1. The van der Waals surface area contributed by atoms with Crippen LogP contribution in [0.5, 0.6) is 0 Å². The van der Waals surface area contributed by atoms with Crippen molar-refractivity contribution in [3.63, 3.8) is 0 Å². The molecule has 0 aliphatic carbocycles. The molecule has 2 aromatic rings. The quantitative estimate of drug-likeness (QED) is 0.650. The number of anilines is 1. The van der Waals surface area contributed by atoms with E-state index in [2.05, 4.69) is 26.1 Å². The number of amides is 2. The molecule has 2 amide bonds. The van der Waals surface area contributed by atoms with Gasteiger partial charge in [-0.1, -0.05) is 39.8 Å². The van der Waals surface area contributed by atoms with Gasteiger partial charge in [-0.15, -0.1) is 11.6 Å². The van der Waals surface area contributed by atoms with Crippen molar-refractivity contribution in [1.82, 2.24) is 14.7 Å². The number of nitrogens with one attached hydrogen (secondary N) is 1. The fraction of sp³-hybridized carbons (Fsp3) is 0.522.